The quantitative estimate of drug-likeness (QED) is 0.881. The van der Waals surface area contributed by atoms with Crippen molar-refractivity contribution in [2.24, 2.45) is 0 Å². The topological polar surface area (TPSA) is 75.7 Å². The molecule has 7 heteroatoms. The number of rotatable bonds is 4. The highest BCUT2D eigenvalue weighted by Gasteiger charge is 2.31. The number of sulfone groups is 1. The fourth-order valence-electron chi connectivity index (χ4n) is 2.94. The van der Waals surface area contributed by atoms with Crippen LogP contribution in [0.2, 0.25) is 0 Å². The lowest BCUT2D eigenvalue weighted by molar-refractivity contribution is -0.117. The fraction of sp³-hybridized carbons (Fsp3) is 0.533. The highest BCUT2D eigenvalue weighted by molar-refractivity contribution is 7.91. The molecule has 1 aromatic carbocycles. The number of carbonyl (C=O) groups is 1. The van der Waals surface area contributed by atoms with Gasteiger partial charge in [-0.3, -0.25) is 9.69 Å². The van der Waals surface area contributed by atoms with Crippen molar-refractivity contribution in [1.82, 2.24) is 4.90 Å². The highest BCUT2D eigenvalue weighted by atomic mass is 32.2. The third-order valence-corrected chi connectivity index (χ3v) is 5.95. The Labute approximate surface area is 130 Å². The molecule has 2 aliphatic heterocycles. The van der Waals surface area contributed by atoms with Crippen LogP contribution in [0.5, 0.6) is 5.75 Å². The number of amides is 1. The second kappa shape index (κ2) is 5.89. The minimum absolute atomic E-state index is 0.0656. The zero-order chi connectivity index (χ0) is 15.7. The SMILES string of the molecule is CN(CC(=O)Nc1ccc2c(c1)CCO2)[C@H]1CCS(=O)(=O)C1. The molecule has 3 rings (SSSR count). The van der Waals surface area contributed by atoms with Gasteiger partial charge in [0.2, 0.25) is 5.91 Å². The lowest BCUT2D eigenvalue weighted by Gasteiger charge is -2.22. The Kier molecular flexibility index (Phi) is 4.10. The van der Waals surface area contributed by atoms with Crippen LogP contribution in [-0.2, 0) is 21.1 Å². The minimum atomic E-state index is -2.93. The molecule has 1 amide bonds. The average Bonchev–Trinajstić information content (AvgIpc) is 3.04. The molecule has 0 bridgehead atoms. The van der Waals surface area contributed by atoms with Gasteiger partial charge in [0, 0.05) is 18.2 Å². The molecule has 0 spiro atoms. The van der Waals surface area contributed by atoms with Crippen LogP contribution < -0.4 is 10.1 Å². The molecule has 0 radical (unpaired) electrons. The summed E-state index contributed by atoms with van der Waals surface area (Å²) in [5.41, 5.74) is 1.86. The van der Waals surface area contributed by atoms with Gasteiger partial charge < -0.3 is 10.1 Å². The number of carbonyl (C=O) groups excluding carboxylic acids is 1. The van der Waals surface area contributed by atoms with Gasteiger partial charge >= 0.3 is 0 Å². The lowest BCUT2D eigenvalue weighted by Crippen LogP contribution is -2.38. The average molecular weight is 324 g/mol. The third kappa shape index (κ3) is 3.41. The van der Waals surface area contributed by atoms with Gasteiger partial charge in [0.25, 0.3) is 0 Å². The van der Waals surface area contributed by atoms with E-state index in [1.165, 1.54) is 0 Å². The van der Waals surface area contributed by atoms with Crippen LogP contribution in [0.1, 0.15) is 12.0 Å². The van der Waals surface area contributed by atoms with E-state index in [0.29, 0.717) is 13.0 Å². The third-order valence-electron chi connectivity index (χ3n) is 4.20. The number of fused-ring (bicyclic) bond motifs is 1. The Balaban J connectivity index is 1.56. The van der Waals surface area contributed by atoms with Gasteiger partial charge in [0.15, 0.2) is 9.84 Å². The lowest BCUT2D eigenvalue weighted by atomic mass is 10.1. The van der Waals surface area contributed by atoms with Crippen molar-refractivity contribution in [3.63, 3.8) is 0 Å². The van der Waals surface area contributed by atoms with Crippen molar-refractivity contribution < 1.29 is 17.9 Å². The van der Waals surface area contributed by atoms with Gasteiger partial charge in [-0.1, -0.05) is 0 Å². The van der Waals surface area contributed by atoms with Crippen molar-refractivity contribution >= 4 is 21.4 Å². The Morgan fingerprint density at radius 3 is 3.00 bits per heavy atom. The van der Waals surface area contributed by atoms with E-state index in [1.807, 2.05) is 23.1 Å². The van der Waals surface area contributed by atoms with Gasteiger partial charge in [-0.05, 0) is 37.2 Å². The largest absolute Gasteiger partial charge is 0.493 e. The molecule has 6 nitrogen and oxygen atoms in total. The molecule has 0 unspecified atom stereocenters. The number of nitrogens with zero attached hydrogens (tertiary/aromatic N) is 1. The second-order valence-corrected chi connectivity index (χ2v) is 8.17. The maximum absolute atomic E-state index is 12.1. The number of nitrogens with one attached hydrogen (secondary N) is 1. The zero-order valence-corrected chi connectivity index (χ0v) is 13.4. The van der Waals surface area contributed by atoms with Gasteiger partial charge in [0.1, 0.15) is 5.75 Å². The van der Waals surface area contributed by atoms with Crippen molar-refractivity contribution in [1.29, 1.82) is 0 Å². The standard InChI is InChI=1S/C15H20N2O4S/c1-17(13-5-7-22(19,20)10-13)9-15(18)16-12-2-3-14-11(8-12)4-6-21-14/h2-3,8,13H,4-7,9-10H2,1H3,(H,16,18)/t13-/m0/s1. The molecule has 1 fully saturated rings. The predicted octanol–water partition coefficient (Wildman–Crippen LogP) is 0.679. The van der Waals surface area contributed by atoms with E-state index in [1.54, 1.807) is 7.05 Å². The minimum Gasteiger partial charge on any atom is -0.493 e. The molecule has 0 saturated carbocycles. The molecule has 1 aromatic rings. The molecule has 22 heavy (non-hydrogen) atoms. The van der Waals surface area contributed by atoms with E-state index in [9.17, 15) is 13.2 Å². The monoisotopic (exact) mass is 324 g/mol. The first-order valence-electron chi connectivity index (χ1n) is 7.39. The van der Waals surface area contributed by atoms with Gasteiger partial charge in [-0.25, -0.2) is 8.42 Å². The fourth-order valence-corrected chi connectivity index (χ4v) is 4.75. The first kappa shape index (κ1) is 15.3. The van der Waals surface area contributed by atoms with Crippen LogP contribution in [0, 0.1) is 0 Å². The maximum atomic E-state index is 12.1. The summed E-state index contributed by atoms with van der Waals surface area (Å²) in [6.45, 7) is 0.874. The van der Waals surface area contributed by atoms with Gasteiger partial charge in [-0.2, -0.15) is 0 Å². The van der Waals surface area contributed by atoms with Crippen LogP contribution in [0.4, 0.5) is 5.69 Å². The van der Waals surface area contributed by atoms with Gasteiger partial charge in [0.05, 0.1) is 24.7 Å². The molecular weight excluding hydrogens is 304 g/mol. The van der Waals surface area contributed by atoms with Crippen LogP contribution in [-0.4, -0.2) is 57.0 Å². The van der Waals surface area contributed by atoms with Gasteiger partial charge in [-0.15, -0.1) is 0 Å². The van der Waals surface area contributed by atoms with Crippen LogP contribution in [0.15, 0.2) is 18.2 Å². The molecule has 120 valence electrons. The summed E-state index contributed by atoms with van der Waals surface area (Å²) in [5, 5.41) is 2.86. The number of likely N-dealkylation sites (N-methyl/N-ethyl adjacent to an activating group) is 1. The summed E-state index contributed by atoms with van der Waals surface area (Å²) >= 11 is 0. The molecule has 1 N–H and O–H groups in total. The van der Waals surface area contributed by atoms with Crippen LogP contribution in [0.25, 0.3) is 0 Å². The number of hydrogen-bond donors (Lipinski definition) is 1. The second-order valence-electron chi connectivity index (χ2n) is 5.94. The molecule has 1 saturated heterocycles. The van der Waals surface area contributed by atoms with Crippen molar-refractivity contribution in [2.75, 3.05) is 37.0 Å². The summed E-state index contributed by atoms with van der Waals surface area (Å²) in [4.78, 5) is 13.9. The van der Waals surface area contributed by atoms with E-state index < -0.39 is 9.84 Å². The van der Waals surface area contributed by atoms with Crippen molar-refractivity contribution in [3.8, 4) is 5.75 Å². The Morgan fingerprint density at radius 2 is 2.27 bits per heavy atom. The first-order valence-corrected chi connectivity index (χ1v) is 9.21. The molecular formula is C15H20N2O4S. The van der Waals surface area contributed by atoms with E-state index in [4.69, 9.17) is 4.74 Å². The Morgan fingerprint density at radius 1 is 1.45 bits per heavy atom. The van der Waals surface area contributed by atoms with E-state index in [2.05, 4.69) is 5.32 Å². The van der Waals surface area contributed by atoms with E-state index in [-0.39, 0.29) is 30.0 Å². The number of hydrogen-bond acceptors (Lipinski definition) is 5. The normalized spacial score (nSPS) is 22.4. The van der Waals surface area contributed by atoms with E-state index >= 15 is 0 Å². The predicted molar refractivity (Wildman–Crippen MR) is 84.0 cm³/mol. The summed E-state index contributed by atoms with van der Waals surface area (Å²) in [6, 6.07) is 5.55. The van der Waals surface area contributed by atoms with Crippen molar-refractivity contribution in [3.05, 3.63) is 23.8 Å². The molecule has 2 heterocycles. The van der Waals surface area contributed by atoms with Crippen LogP contribution in [0.3, 0.4) is 0 Å². The summed E-state index contributed by atoms with van der Waals surface area (Å²) in [6.07, 6.45) is 1.46. The van der Waals surface area contributed by atoms with Crippen LogP contribution >= 0.6 is 0 Å². The smallest absolute Gasteiger partial charge is 0.238 e. The number of ether oxygens (including phenoxy) is 1. The molecule has 2 aliphatic rings. The molecule has 0 aromatic heterocycles. The maximum Gasteiger partial charge on any atom is 0.238 e. The summed E-state index contributed by atoms with van der Waals surface area (Å²) in [5.74, 6) is 1.11. The first-order chi connectivity index (χ1) is 10.4. The number of benzene rings is 1. The summed E-state index contributed by atoms with van der Waals surface area (Å²) in [7, 11) is -1.14. The summed E-state index contributed by atoms with van der Waals surface area (Å²) < 4.78 is 28.4. The Bertz CT molecular complexity index is 687. The van der Waals surface area contributed by atoms with E-state index in [0.717, 1.165) is 23.4 Å². The number of anilines is 1. The highest BCUT2D eigenvalue weighted by Crippen LogP contribution is 2.27. The zero-order valence-electron chi connectivity index (χ0n) is 12.5. The Hall–Kier alpha value is -1.60. The molecule has 0 aliphatic carbocycles. The van der Waals surface area contributed by atoms with Crippen molar-refractivity contribution in [2.45, 2.75) is 18.9 Å². The molecule has 1 atom stereocenters.